The van der Waals surface area contributed by atoms with Crippen molar-refractivity contribution in [3.63, 3.8) is 0 Å². The van der Waals surface area contributed by atoms with Crippen molar-refractivity contribution in [3.8, 4) is 0 Å². The van der Waals surface area contributed by atoms with E-state index in [0.29, 0.717) is 6.61 Å². The lowest BCUT2D eigenvalue weighted by Gasteiger charge is -1.99. The molecule has 1 aromatic rings. The van der Waals surface area contributed by atoms with E-state index >= 15 is 0 Å². The Morgan fingerprint density at radius 3 is 1.48 bits per heavy atom. The first-order valence-electron chi connectivity index (χ1n) is 8.53. The summed E-state index contributed by atoms with van der Waals surface area (Å²) in [5.41, 5.74) is 1.01. The van der Waals surface area contributed by atoms with Crippen molar-refractivity contribution in [3.05, 3.63) is 35.9 Å². The van der Waals surface area contributed by atoms with Gasteiger partial charge in [0.1, 0.15) is 12.4 Å². The van der Waals surface area contributed by atoms with Crippen LogP contribution in [0.5, 0.6) is 0 Å². The summed E-state index contributed by atoms with van der Waals surface area (Å²) in [5, 5.41) is 8.20. The second-order valence-electron chi connectivity index (χ2n) is 2.90. The van der Waals surface area contributed by atoms with Crippen molar-refractivity contribution < 1.29 is 19.7 Å². The number of aliphatic hydroxyl groups excluding tert-OH is 1. The third kappa shape index (κ3) is 52.8. The standard InChI is InChI=1S/C8H10O3.C3H6O.4C2H6/c9-7-11-10-6-8-4-2-1-3-5-8;1-3(2)4;4*1-2/h1-5,9H,6-7H2;1-2H3;4*1-2H3. The van der Waals surface area contributed by atoms with E-state index in [1.165, 1.54) is 13.8 Å². The van der Waals surface area contributed by atoms with Crippen molar-refractivity contribution in [2.24, 2.45) is 0 Å². The second-order valence-corrected chi connectivity index (χ2v) is 2.90. The van der Waals surface area contributed by atoms with Crippen LogP contribution in [0.3, 0.4) is 0 Å². The summed E-state index contributed by atoms with van der Waals surface area (Å²) in [4.78, 5) is 18.4. The van der Waals surface area contributed by atoms with Crippen LogP contribution in [0.25, 0.3) is 0 Å². The molecular formula is C19H40O4. The third-order valence-corrected chi connectivity index (χ3v) is 1.20. The Morgan fingerprint density at radius 1 is 0.826 bits per heavy atom. The van der Waals surface area contributed by atoms with E-state index in [9.17, 15) is 4.79 Å². The van der Waals surface area contributed by atoms with Gasteiger partial charge in [0.25, 0.3) is 0 Å². The van der Waals surface area contributed by atoms with E-state index in [-0.39, 0.29) is 5.78 Å². The van der Waals surface area contributed by atoms with Crippen LogP contribution >= 0.6 is 0 Å². The predicted molar refractivity (Wildman–Crippen MR) is 101 cm³/mol. The molecule has 1 aromatic carbocycles. The van der Waals surface area contributed by atoms with E-state index in [1.807, 2.05) is 85.7 Å². The normalized spacial score (nSPS) is 6.91. The van der Waals surface area contributed by atoms with E-state index in [4.69, 9.17) is 5.11 Å². The summed E-state index contributed by atoms with van der Waals surface area (Å²) < 4.78 is 0. The van der Waals surface area contributed by atoms with Crippen LogP contribution in [0.4, 0.5) is 0 Å². The van der Waals surface area contributed by atoms with Crippen LogP contribution in [0.15, 0.2) is 30.3 Å². The number of carbonyl (C=O) groups is 1. The lowest BCUT2D eigenvalue weighted by atomic mass is 10.2. The maximum Gasteiger partial charge on any atom is 0.178 e. The molecule has 0 saturated carbocycles. The summed E-state index contributed by atoms with van der Waals surface area (Å²) in [6.07, 6.45) is 0. The molecule has 0 aliphatic heterocycles. The van der Waals surface area contributed by atoms with E-state index in [2.05, 4.69) is 9.78 Å². The fourth-order valence-corrected chi connectivity index (χ4v) is 0.721. The quantitative estimate of drug-likeness (QED) is 0.328. The molecule has 0 amide bonds. The number of ketones is 1. The molecule has 4 heteroatoms. The highest BCUT2D eigenvalue weighted by molar-refractivity contribution is 5.72. The van der Waals surface area contributed by atoms with Crippen LogP contribution in [0, 0.1) is 0 Å². The molecule has 0 heterocycles. The number of hydrogen-bond acceptors (Lipinski definition) is 4. The Morgan fingerprint density at radius 2 is 1.17 bits per heavy atom. The van der Waals surface area contributed by atoms with Crippen molar-refractivity contribution >= 4 is 5.78 Å². The average molecular weight is 333 g/mol. The van der Waals surface area contributed by atoms with Gasteiger partial charge in [-0.1, -0.05) is 85.7 Å². The largest absolute Gasteiger partial charge is 0.368 e. The molecule has 4 nitrogen and oxygen atoms in total. The van der Waals surface area contributed by atoms with Gasteiger partial charge in [0, 0.05) is 0 Å². The molecule has 0 fully saturated rings. The highest BCUT2D eigenvalue weighted by atomic mass is 17.2. The number of Topliss-reactive ketones (excluding diaryl/α,β-unsaturated/α-hetero) is 1. The molecule has 0 aromatic heterocycles. The number of hydrogen-bond donors (Lipinski definition) is 1. The predicted octanol–water partition coefficient (Wildman–Crippen LogP) is 5.78. The van der Waals surface area contributed by atoms with Crippen molar-refractivity contribution in [2.75, 3.05) is 6.79 Å². The summed E-state index contributed by atoms with van der Waals surface area (Å²) in [5.74, 6) is 0.167. The molecule has 0 radical (unpaired) electrons. The Labute approximate surface area is 144 Å². The molecule has 1 N–H and O–H groups in total. The highest BCUT2D eigenvalue weighted by Gasteiger charge is 1.89. The highest BCUT2D eigenvalue weighted by Crippen LogP contribution is 1.99. The Balaban J connectivity index is -0.0000000759. The Kier molecular flexibility index (Phi) is 62.2. The smallest absolute Gasteiger partial charge is 0.178 e. The molecular weight excluding hydrogens is 292 g/mol. The zero-order valence-corrected chi connectivity index (χ0v) is 17.0. The lowest BCUT2D eigenvalue weighted by molar-refractivity contribution is -0.336. The fraction of sp³-hybridized carbons (Fsp3) is 0.632. The van der Waals surface area contributed by atoms with Gasteiger partial charge in [-0.15, -0.1) is 0 Å². The van der Waals surface area contributed by atoms with E-state index in [0.717, 1.165) is 5.56 Å². The number of carbonyl (C=O) groups excluding carboxylic acids is 1. The van der Waals surface area contributed by atoms with Crippen LogP contribution in [0.1, 0.15) is 74.8 Å². The first-order valence-corrected chi connectivity index (χ1v) is 8.53. The van der Waals surface area contributed by atoms with Crippen LogP contribution in [0.2, 0.25) is 0 Å². The van der Waals surface area contributed by atoms with Gasteiger partial charge in [-0.2, -0.15) is 0 Å². The van der Waals surface area contributed by atoms with Gasteiger partial charge in [-0.3, -0.25) is 0 Å². The summed E-state index contributed by atoms with van der Waals surface area (Å²) in [6, 6.07) is 9.59. The minimum Gasteiger partial charge on any atom is -0.368 e. The number of benzene rings is 1. The fourth-order valence-electron chi connectivity index (χ4n) is 0.721. The molecule has 0 unspecified atom stereocenters. The topological polar surface area (TPSA) is 55.8 Å². The first-order chi connectivity index (χ1) is 11.2. The molecule has 140 valence electrons. The van der Waals surface area contributed by atoms with Crippen molar-refractivity contribution in [1.82, 2.24) is 0 Å². The molecule has 0 aliphatic carbocycles. The number of aliphatic hydroxyl groups is 1. The van der Waals surface area contributed by atoms with Gasteiger partial charge in [-0.05, 0) is 19.4 Å². The van der Waals surface area contributed by atoms with Gasteiger partial charge in [0.2, 0.25) is 0 Å². The summed E-state index contributed by atoms with van der Waals surface area (Å²) in [6.45, 7) is 19.0. The molecule has 1 rings (SSSR count). The molecule has 23 heavy (non-hydrogen) atoms. The molecule has 0 atom stereocenters. The van der Waals surface area contributed by atoms with Crippen LogP contribution in [-0.4, -0.2) is 17.7 Å². The second kappa shape index (κ2) is 42.8. The van der Waals surface area contributed by atoms with Crippen molar-refractivity contribution in [2.45, 2.75) is 75.8 Å². The minimum absolute atomic E-state index is 0.167. The van der Waals surface area contributed by atoms with Crippen LogP contribution < -0.4 is 0 Å². The third-order valence-electron chi connectivity index (χ3n) is 1.20. The van der Waals surface area contributed by atoms with Gasteiger partial charge < -0.3 is 9.90 Å². The Bertz CT molecular complexity index is 257. The van der Waals surface area contributed by atoms with E-state index in [1.54, 1.807) is 0 Å². The maximum absolute atomic E-state index is 9.44. The van der Waals surface area contributed by atoms with Gasteiger partial charge in [-0.25, -0.2) is 9.78 Å². The summed E-state index contributed by atoms with van der Waals surface area (Å²) >= 11 is 0. The minimum atomic E-state index is -0.410. The first kappa shape index (κ1) is 33.4. The maximum atomic E-state index is 9.44. The zero-order valence-electron chi connectivity index (χ0n) is 17.0. The van der Waals surface area contributed by atoms with Crippen LogP contribution in [-0.2, 0) is 21.2 Å². The molecule has 0 aliphatic rings. The summed E-state index contributed by atoms with van der Waals surface area (Å²) in [7, 11) is 0. The lowest BCUT2D eigenvalue weighted by Crippen LogP contribution is -1.95. The molecule has 0 saturated heterocycles. The average Bonchev–Trinajstić information content (AvgIpc) is 2.63. The monoisotopic (exact) mass is 332 g/mol. The SMILES string of the molecule is CC.CC.CC.CC.CC(C)=O.OCOOCc1ccccc1. The van der Waals surface area contributed by atoms with Gasteiger partial charge >= 0.3 is 0 Å². The molecule has 0 bridgehead atoms. The zero-order chi connectivity index (χ0) is 19.5. The number of rotatable bonds is 4. The van der Waals surface area contributed by atoms with Gasteiger partial charge in [0.05, 0.1) is 0 Å². The molecule has 0 spiro atoms. The van der Waals surface area contributed by atoms with E-state index < -0.39 is 6.79 Å². The Hall–Kier alpha value is -1.23. The van der Waals surface area contributed by atoms with Crippen molar-refractivity contribution in [1.29, 1.82) is 0 Å². The van der Waals surface area contributed by atoms with Gasteiger partial charge in [0.15, 0.2) is 6.79 Å².